The average Bonchev–Trinajstić information content (AvgIpc) is 2.47. The van der Waals surface area contributed by atoms with Gasteiger partial charge in [0, 0.05) is 13.1 Å². The van der Waals surface area contributed by atoms with Crippen molar-refractivity contribution in [2.45, 2.75) is 52.0 Å². The average molecular weight is 293 g/mol. The molecule has 0 spiro atoms. The van der Waals surface area contributed by atoms with E-state index in [2.05, 4.69) is 12.2 Å². The molecule has 0 saturated carbocycles. The molecule has 1 rings (SSSR count). The van der Waals surface area contributed by atoms with Crippen LogP contribution in [0.4, 0.5) is 0 Å². The molecule has 4 heteroatoms. The minimum atomic E-state index is -0.775. The van der Waals surface area contributed by atoms with Gasteiger partial charge >= 0.3 is 5.97 Å². The third kappa shape index (κ3) is 9.08. The largest absolute Gasteiger partial charge is 0.494 e. The van der Waals surface area contributed by atoms with Crippen LogP contribution >= 0.6 is 0 Å². The molecule has 2 N–H and O–H groups in total. The smallest absolute Gasteiger partial charge is 0.304 e. The molecule has 0 fully saturated rings. The standard InChI is InChI=1S/C17H27NO3/c1-2-3-4-5-6-12-21-16-9-7-8-15(13-16)14-18-11-10-17(19)20/h7-9,13,18H,2-6,10-12,14H2,1H3,(H,19,20). The van der Waals surface area contributed by atoms with E-state index in [9.17, 15) is 4.79 Å². The molecule has 0 atom stereocenters. The number of unbranched alkanes of at least 4 members (excludes halogenated alkanes) is 4. The van der Waals surface area contributed by atoms with Crippen LogP contribution in [0.3, 0.4) is 0 Å². The molecule has 0 bridgehead atoms. The summed E-state index contributed by atoms with van der Waals surface area (Å²) >= 11 is 0. The van der Waals surface area contributed by atoms with E-state index in [0.717, 1.165) is 24.3 Å². The highest BCUT2D eigenvalue weighted by atomic mass is 16.5. The summed E-state index contributed by atoms with van der Waals surface area (Å²) in [6.45, 7) is 4.13. The summed E-state index contributed by atoms with van der Waals surface area (Å²) in [6.07, 6.45) is 6.32. The Kier molecular flexibility index (Phi) is 9.29. The Morgan fingerprint density at radius 3 is 2.81 bits per heavy atom. The van der Waals surface area contributed by atoms with Gasteiger partial charge in [-0.2, -0.15) is 0 Å². The molecule has 0 saturated heterocycles. The fourth-order valence-electron chi connectivity index (χ4n) is 2.07. The van der Waals surface area contributed by atoms with Crippen molar-refractivity contribution >= 4 is 5.97 Å². The zero-order valence-electron chi connectivity index (χ0n) is 12.9. The Balaban J connectivity index is 2.20. The van der Waals surface area contributed by atoms with Gasteiger partial charge in [-0.15, -0.1) is 0 Å². The van der Waals surface area contributed by atoms with Crippen molar-refractivity contribution in [2.24, 2.45) is 0 Å². The quantitative estimate of drug-likeness (QED) is 0.578. The van der Waals surface area contributed by atoms with Crippen molar-refractivity contribution in [3.63, 3.8) is 0 Å². The summed E-state index contributed by atoms with van der Waals surface area (Å²) in [5.74, 6) is 0.116. The van der Waals surface area contributed by atoms with Crippen LogP contribution in [0.15, 0.2) is 24.3 Å². The normalized spacial score (nSPS) is 10.5. The molecule has 0 unspecified atom stereocenters. The number of benzene rings is 1. The van der Waals surface area contributed by atoms with Crippen molar-refractivity contribution in [3.8, 4) is 5.75 Å². The van der Waals surface area contributed by atoms with Crippen molar-refractivity contribution in [1.82, 2.24) is 5.32 Å². The van der Waals surface area contributed by atoms with Crippen LogP contribution in [-0.2, 0) is 11.3 Å². The van der Waals surface area contributed by atoms with Gasteiger partial charge in [-0.3, -0.25) is 4.79 Å². The fraction of sp³-hybridized carbons (Fsp3) is 0.588. The molecule has 0 aliphatic carbocycles. The summed E-state index contributed by atoms with van der Waals surface area (Å²) < 4.78 is 5.75. The maximum Gasteiger partial charge on any atom is 0.304 e. The van der Waals surface area contributed by atoms with E-state index >= 15 is 0 Å². The van der Waals surface area contributed by atoms with E-state index in [1.54, 1.807) is 0 Å². The zero-order chi connectivity index (χ0) is 15.3. The lowest BCUT2D eigenvalue weighted by Gasteiger charge is -2.08. The molecule has 0 aromatic heterocycles. The number of ether oxygens (including phenoxy) is 1. The molecule has 0 aliphatic rings. The summed E-state index contributed by atoms with van der Waals surface area (Å²) in [4.78, 5) is 10.4. The molecule has 4 nitrogen and oxygen atoms in total. The molecule has 118 valence electrons. The summed E-state index contributed by atoms with van der Waals surface area (Å²) in [7, 11) is 0. The zero-order valence-corrected chi connectivity index (χ0v) is 12.9. The van der Waals surface area contributed by atoms with Crippen LogP contribution in [0.2, 0.25) is 0 Å². The Hall–Kier alpha value is -1.55. The maximum absolute atomic E-state index is 10.4. The number of carbonyl (C=O) groups is 1. The molecule has 0 radical (unpaired) electrons. The van der Waals surface area contributed by atoms with Gasteiger partial charge in [0.2, 0.25) is 0 Å². The van der Waals surface area contributed by atoms with E-state index in [0.29, 0.717) is 13.1 Å². The first-order chi connectivity index (χ1) is 10.2. The van der Waals surface area contributed by atoms with E-state index in [-0.39, 0.29) is 6.42 Å². The second-order valence-electron chi connectivity index (χ2n) is 5.23. The van der Waals surface area contributed by atoms with Crippen LogP contribution < -0.4 is 10.1 Å². The third-order valence-electron chi connectivity index (χ3n) is 3.26. The number of aliphatic carboxylic acids is 1. The SMILES string of the molecule is CCCCCCCOc1cccc(CNCCC(=O)O)c1. The van der Waals surface area contributed by atoms with Crippen LogP contribution in [0, 0.1) is 0 Å². The third-order valence-corrected chi connectivity index (χ3v) is 3.26. The highest BCUT2D eigenvalue weighted by Gasteiger charge is 1.99. The molecule has 0 heterocycles. The minimum absolute atomic E-state index is 0.147. The summed E-state index contributed by atoms with van der Waals surface area (Å²) in [5.41, 5.74) is 1.11. The van der Waals surface area contributed by atoms with Crippen molar-refractivity contribution in [3.05, 3.63) is 29.8 Å². The number of rotatable bonds is 12. The van der Waals surface area contributed by atoms with E-state index in [1.807, 2.05) is 24.3 Å². The molecule has 21 heavy (non-hydrogen) atoms. The summed E-state index contributed by atoms with van der Waals surface area (Å²) in [6, 6.07) is 7.97. The molecular formula is C17H27NO3. The lowest BCUT2D eigenvalue weighted by Crippen LogP contribution is -2.17. The molecule has 1 aromatic carbocycles. The van der Waals surface area contributed by atoms with Crippen molar-refractivity contribution < 1.29 is 14.6 Å². The Morgan fingerprint density at radius 2 is 2.05 bits per heavy atom. The van der Waals surface area contributed by atoms with Gasteiger partial charge in [0.05, 0.1) is 13.0 Å². The van der Waals surface area contributed by atoms with E-state index in [4.69, 9.17) is 9.84 Å². The minimum Gasteiger partial charge on any atom is -0.494 e. The highest BCUT2D eigenvalue weighted by Crippen LogP contribution is 2.14. The Bertz CT molecular complexity index is 407. The molecule has 1 aromatic rings. The van der Waals surface area contributed by atoms with Gasteiger partial charge in [0.25, 0.3) is 0 Å². The molecular weight excluding hydrogens is 266 g/mol. The lowest BCUT2D eigenvalue weighted by molar-refractivity contribution is -0.136. The van der Waals surface area contributed by atoms with Crippen LogP contribution in [0.25, 0.3) is 0 Å². The first-order valence-electron chi connectivity index (χ1n) is 7.86. The number of nitrogens with one attached hydrogen (secondary N) is 1. The topological polar surface area (TPSA) is 58.6 Å². The van der Waals surface area contributed by atoms with Gasteiger partial charge in [-0.05, 0) is 24.1 Å². The number of hydrogen-bond donors (Lipinski definition) is 2. The van der Waals surface area contributed by atoms with Gasteiger partial charge in [-0.25, -0.2) is 0 Å². The van der Waals surface area contributed by atoms with Crippen molar-refractivity contribution in [2.75, 3.05) is 13.2 Å². The second kappa shape index (κ2) is 11.1. The maximum atomic E-state index is 10.4. The number of hydrogen-bond acceptors (Lipinski definition) is 3. The van der Waals surface area contributed by atoms with Gasteiger partial charge in [-0.1, -0.05) is 44.7 Å². The number of carboxylic acids is 1. The lowest BCUT2D eigenvalue weighted by atomic mass is 10.2. The Labute approximate surface area is 127 Å². The van der Waals surface area contributed by atoms with Gasteiger partial charge in [0.1, 0.15) is 5.75 Å². The first kappa shape index (κ1) is 17.5. The van der Waals surface area contributed by atoms with Gasteiger partial charge < -0.3 is 15.2 Å². The van der Waals surface area contributed by atoms with Crippen LogP contribution in [-0.4, -0.2) is 24.2 Å². The predicted octanol–water partition coefficient (Wildman–Crippen LogP) is 3.60. The predicted molar refractivity (Wildman–Crippen MR) is 84.7 cm³/mol. The number of carboxylic acid groups (broad SMARTS) is 1. The van der Waals surface area contributed by atoms with E-state index in [1.165, 1.54) is 25.7 Å². The van der Waals surface area contributed by atoms with Gasteiger partial charge in [0.15, 0.2) is 0 Å². The van der Waals surface area contributed by atoms with Crippen LogP contribution in [0.1, 0.15) is 51.0 Å². The van der Waals surface area contributed by atoms with Crippen LogP contribution in [0.5, 0.6) is 5.75 Å². The monoisotopic (exact) mass is 293 g/mol. The first-order valence-corrected chi connectivity index (χ1v) is 7.86. The molecule has 0 aliphatic heterocycles. The van der Waals surface area contributed by atoms with Crippen molar-refractivity contribution in [1.29, 1.82) is 0 Å². The Morgan fingerprint density at radius 1 is 1.24 bits per heavy atom. The molecule has 0 amide bonds. The highest BCUT2D eigenvalue weighted by molar-refractivity contribution is 5.66. The fourth-order valence-corrected chi connectivity index (χ4v) is 2.07. The van der Waals surface area contributed by atoms with E-state index < -0.39 is 5.97 Å². The second-order valence-corrected chi connectivity index (χ2v) is 5.23. The summed E-state index contributed by atoms with van der Waals surface area (Å²) in [5, 5.41) is 11.7.